The SMILES string of the molecule is CC1(C)CN(C(=O)[C@H]2C[C@@](C)(O)C2)CCC1C(=O)c1cc2nc(-c3ccc(Cl)c(F)c3)cc(C3(C#N)CC(F)(F)C3)c2o1. The normalized spacial score (nSPS) is 27.2. The predicted octanol–water partition coefficient (Wildman–Crippen LogP) is 6.70. The first kappa shape index (κ1) is 29.6. The van der Waals surface area contributed by atoms with Gasteiger partial charge in [-0.3, -0.25) is 9.59 Å². The number of benzene rings is 1. The summed E-state index contributed by atoms with van der Waals surface area (Å²) in [5, 5.41) is 20.0. The Labute approximate surface area is 251 Å². The maximum absolute atomic E-state index is 14.3. The molecule has 2 aromatic heterocycles. The van der Waals surface area contributed by atoms with Gasteiger partial charge >= 0.3 is 0 Å². The number of amides is 1. The number of alkyl halides is 2. The van der Waals surface area contributed by atoms with Crippen molar-refractivity contribution < 1.29 is 32.3 Å². The molecule has 1 atom stereocenters. The Hall–Kier alpha value is -3.42. The van der Waals surface area contributed by atoms with E-state index in [1.165, 1.54) is 30.3 Å². The topological polar surface area (TPSA) is 107 Å². The Kier molecular flexibility index (Phi) is 6.75. The van der Waals surface area contributed by atoms with Gasteiger partial charge in [-0.25, -0.2) is 18.2 Å². The molecule has 0 spiro atoms. The first-order valence-corrected chi connectivity index (χ1v) is 14.7. The maximum atomic E-state index is 14.3. The van der Waals surface area contributed by atoms with Crippen LogP contribution in [0.2, 0.25) is 5.02 Å². The van der Waals surface area contributed by atoms with E-state index in [0.717, 1.165) is 0 Å². The van der Waals surface area contributed by atoms with E-state index in [2.05, 4.69) is 4.98 Å². The Morgan fingerprint density at radius 3 is 2.44 bits per heavy atom. The third-order valence-corrected chi connectivity index (χ3v) is 9.67. The average Bonchev–Trinajstić information content (AvgIpc) is 3.34. The summed E-state index contributed by atoms with van der Waals surface area (Å²) in [5.74, 6) is -4.81. The number of nitriles is 1. The summed E-state index contributed by atoms with van der Waals surface area (Å²) in [6.45, 7) is 6.26. The molecule has 11 heteroatoms. The van der Waals surface area contributed by atoms with Crippen molar-refractivity contribution in [2.45, 2.75) is 69.8 Å². The molecule has 7 nitrogen and oxygen atoms in total. The number of hydrogen-bond donors (Lipinski definition) is 1. The maximum Gasteiger partial charge on any atom is 0.251 e. The van der Waals surface area contributed by atoms with Gasteiger partial charge in [-0.2, -0.15) is 5.26 Å². The first-order chi connectivity index (χ1) is 20.0. The summed E-state index contributed by atoms with van der Waals surface area (Å²) in [5.41, 5.74) is -2.01. The molecule has 3 aromatic rings. The van der Waals surface area contributed by atoms with Gasteiger partial charge in [-0.15, -0.1) is 0 Å². The third kappa shape index (κ3) is 5.10. The standard InChI is InChI=1S/C32H31ClF3N3O4/c1-29(2)16-39(28(41)18-11-30(3,42)12-18)7-6-19(29)26(40)25-10-24-27(43-25)20(31(15-37)13-32(35,36)14-31)9-23(38-24)17-4-5-21(33)22(34)8-17/h4-5,8-10,18-19,42H,6-7,11-14,16H2,1-3H3/t18-,19?,30+. The number of nitrogens with zero attached hydrogens (tertiary/aromatic N) is 3. The molecule has 3 heterocycles. The van der Waals surface area contributed by atoms with E-state index in [1.54, 1.807) is 11.8 Å². The largest absolute Gasteiger partial charge is 0.451 e. The molecule has 226 valence electrons. The molecular weight excluding hydrogens is 583 g/mol. The number of likely N-dealkylation sites (tertiary alicyclic amines) is 1. The van der Waals surface area contributed by atoms with Crippen molar-refractivity contribution in [2.24, 2.45) is 17.3 Å². The number of furan rings is 1. The highest BCUT2D eigenvalue weighted by molar-refractivity contribution is 6.30. The number of halogens is 4. The molecule has 2 aliphatic carbocycles. The smallest absolute Gasteiger partial charge is 0.251 e. The molecule has 1 saturated heterocycles. The minimum Gasteiger partial charge on any atom is -0.451 e. The van der Waals surface area contributed by atoms with Crippen molar-refractivity contribution in [1.29, 1.82) is 5.26 Å². The fourth-order valence-corrected chi connectivity index (χ4v) is 7.22. The summed E-state index contributed by atoms with van der Waals surface area (Å²) in [4.78, 5) is 33.3. The predicted molar refractivity (Wildman–Crippen MR) is 152 cm³/mol. The average molecular weight is 614 g/mol. The summed E-state index contributed by atoms with van der Waals surface area (Å²) in [6, 6.07) is 8.99. The number of ketones is 1. The number of aliphatic hydroxyl groups is 1. The number of carbonyl (C=O) groups excluding carboxylic acids is 2. The number of pyridine rings is 1. The fourth-order valence-electron chi connectivity index (χ4n) is 7.10. The van der Waals surface area contributed by atoms with E-state index in [-0.39, 0.29) is 50.7 Å². The van der Waals surface area contributed by atoms with Crippen molar-refractivity contribution in [3.8, 4) is 17.3 Å². The Bertz CT molecular complexity index is 1690. The van der Waals surface area contributed by atoms with Crippen LogP contribution >= 0.6 is 11.6 Å². The molecule has 1 amide bonds. The minimum atomic E-state index is -3.03. The van der Waals surface area contributed by atoms with Gasteiger partial charge in [0.1, 0.15) is 11.3 Å². The molecule has 1 unspecified atom stereocenters. The lowest BCUT2D eigenvalue weighted by Crippen LogP contribution is -2.55. The summed E-state index contributed by atoms with van der Waals surface area (Å²) < 4.78 is 48.6. The Morgan fingerprint density at radius 2 is 1.86 bits per heavy atom. The molecule has 6 rings (SSSR count). The summed E-state index contributed by atoms with van der Waals surface area (Å²) in [7, 11) is 0. The molecule has 3 fully saturated rings. The van der Waals surface area contributed by atoms with Crippen LogP contribution in [0.5, 0.6) is 0 Å². The second-order valence-electron chi connectivity index (χ2n) is 13.5. The Balaban J connectivity index is 1.34. The second-order valence-corrected chi connectivity index (χ2v) is 13.9. The van der Waals surface area contributed by atoms with Gasteiger partial charge < -0.3 is 14.4 Å². The molecule has 1 N–H and O–H groups in total. The van der Waals surface area contributed by atoms with E-state index < -0.39 is 46.9 Å². The molecule has 43 heavy (non-hydrogen) atoms. The highest BCUT2D eigenvalue weighted by atomic mass is 35.5. The van der Waals surface area contributed by atoms with Crippen LogP contribution in [0.15, 0.2) is 34.7 Å². The lowest BCUT2D eigenvalue weighted by atomic mass is 9.63. The number of carbonyl (C=O) groups is 2. The van der Waals surface area contributed by atoms with Crippen LogP contribution in [-0.4, -0.2) is 51.3 Å². The zero-order valence-electron chi connectivity index (χ0n) is 24.0. The van der Waals surface area contributed by atoms with Crippen LogP contribution < -0.4 is 0 Å². The number of piperidine rings is 1. The van der Waals surface area contributed by atoms with Gasteiger partial charge in [0, 0.05) is 55.0 Å². The minimum absolute atomic E-state index is 0.0183. The number of aromatic nitrogens is 1. The van der Waals surface area contributed by atoms with Crippen LogP contribution in [0.1, 0.15) is 69.0 Å². The number of fused-ring (bicyclic) bond motifs is 1. The van der Waals surface area contributed by atoms with E-state index in [4.69, 9.17) is 16.0 Å². The van der Waals surface area contributed by atoms with Crippen molar-refractivity contribution in [3.63, 3.8) is 0 Å². The monoisotopic (exact) mass is 613 g/mol. The van der Waals surface area contributed by atoms with Crippen LogP contribution in [0, 0.1) is 34.4 Å². The fraction of sp³-hybridized carbons (Fsp3) is 0.500. The molecule has 1 aromatic carbocycles. The van der Waals surface area contributed by atoms with Crippen LogP contribution in [0.3, 0.4) is 0 Å². The van der Waals surface area contributed by atoms with Gasteiger partial charge in [0.05, 0.1) is 27.8 Å². The van der Waals surface area contributed by atoms with Gasteiger partial charge in [-0.05, 0) is 49.8 Å². The van der Waals surface area contributed by atoms with Crippen molar-refractivity contribution >= 4 is 34.4 Å². The van der Waals surface area contributed by atoms with Gasteiger partial charge in [-0.1, -0.05) is 31.5 Å². The third-order valence-electron chi connectivity index (χ3n) is 9.37. The van der Waals surface area contributed by atoms with E-state index >= 15 is 0 Å². The summed E-state index contributed by atoms with van der Waals surface area (Å²) >= 11 is 5.84. The van der Waals surface area contributed by atoms with Gasteiger partial charge in [0.25, 0.3) is 5.92 Å². The zero-order valence-corrected chi connectivity index (χ0v) is 24.8. The number of hydrogen-bond acceptors (Lipinski definition) is 6. The summed E-state index contributed by atoms with van der Waals surface area (Å²) in [6.07, 6.45) is -0.212. The van der Waals surface area contributed by atoms with Crippen molar-refractivity contribution in [1.82, 2.24) is 9.88 Å². The van der Waals surface area contributed by atoms with E-state index in [9.17, 15) is 33.1 Å². The van der Waals surface area contributed by atoms with Crippen LogP contribution in [0.4, 0.5) is 13.2 Å². The zero-order chi connectivity index (χ0) is 31.1. The Morgan fingerprint density at radius 1 is 1.16 bits per heavy atom. The number of rotatable bonds is 5. The lowest BCUT2D eigenvalue weighted by Gasteiger charge is -2.47. The molecule has 3 aliphatic rings. The highest BCUT2D eigenvalue weighted by Crippen LogP contribution is 2.55. The molecule has 0 radical (unpaired) electrons. The van der Waals surface area contributed by atoms with Crippen molar-refractivity contribution in [2.75, 3.05) is 13.1 Å². The van der Waals surface area contributed by atoms with Crippen molar-refractivity contribution in [3.05, 3.63) is 52.5 Å². The quantitative estimate of drug-likeness (QED) is 0.321. The lowest BCUT2D eigenvalue weighted by molar-refractivity contribution is -0.153. The molecule has 1 aliphatic heterocycles. The molecular formula is C32H31ClF3N3O4. The first-order valence-electron chi connectivity index (χ1n) is 14.3. The van der Waals surface area contributed by atoms with E-state index in [1.807, 2.05) is 19.9 Å². The van der Waals surface area contributed by atoms with Gasteiger partial charge in [0.2, 0.25) is 11.7 Å². The van der Waals surface area contributed by atoms with Crippen LogP contribution in [-0.2, 0) is 10.2 Å². The molecule has 0 bridgehead atoms. The number of Topliss-reactive ketones (excluding diaryl/α,β-unsaturated/α-hetero) is 1. The second kappa shape index (κ2) is 9.80. The highest BCUT2D eigenvalue weighted by Gasteiger charge is 2.59. The van der Waals surface area contributed by atoms with Gasteiger partial charge in [0.15, 0.2) is 11.3 Å². The van der Waals surface area contributed by atoms with E-state index in [0.29, 0.717) is 37.9 Å². The molecule has 2 saturated carbocycles. The van der Waals surface area contributed by atoms with Crippen LogP contribution in [0.25, 0.3) is 22.4 Å².